The lowest BCUT2D eigenvalue weighted by molar-refractivity contribution is -0.137. The number of amides is 1. The van der Waals surface area contributed by atoms with Crippen LogP contribution in [0.5, 0.6) is 0 Å². The largest absolute Gasteiger partial charge is 0.481 e. The van der Waals surface area contributed by atoms with Crippen molar-refractivity contribution < 1.29 is 14.7 Å². The first-order valence-electron chi connectivity index (χ1n) is 5.72. The molecule has 4 nitrogen and oxygen atoms in total. The standard InChI is InChI=1S/C13H17NO3/c1-2-10-5-3-6-11(9-10)14-12(15)7-4-8-13(16)17/h3,5-6,9H,2,4,7-8H2,1H3,(H,14,15)(H,16,17). The lowest BCUT2D eigenvalue weighted by atomic mass is 10.1. The van der Waals surface area contributed by atoms with Gasteiger partial charge in [-0.1, -0.05) is 19.1 Å². The number of anilines is 1. The van der Waals surface area contributed by atoms with Gasteiger partial charge in [-0.15, -0.1) is 0 Å². The van der Waals surface area contributed by atoms with Crippen molar-refractivity contribution in [3.05, 3.63) is 29.8 Å². The summed E-state index contributed by atoms with van der Waals surface area (Å²) in [5, 5.41) is 11.2. The molecule has 0 unspecified atom stereocenters. The molecule has 0 spiro atoms. The molecule has 1 amide bonds. The molecule has 1 aromatic rings. The summed E-state index contributed by atoms with van der Waals surface area (Å²) < 4.78 is 0. The third-order valence-electron chi connectivity index (χ3n) is 2.41. The van der Waals surface area contributed by atoms with E-state index < -0.39 is 5.97 Å². The second-order valence-corrected chi connectivity index (χ2v) is 3.85. The van der Waals surface area contributed by atoms with Crippen LogP contribution in [0.15, 0.2) is 24.3 Å². The summed E-state index contributed by atoms with van der Waals surface area (Å²) in [4.78, 5) is 21.8. The highest BCUT2D eigenvalue weighted by molar-refractivity contribution is 5.90. The highest BCUT2D eigenvalue weighted by Crippen LogP contribution is 2.11. The van der Waals surface area contributed by atoms with Gasteiger partial charge in [0.05, 0.1) is 0 Å². The van der Waals surface area contributed by atoms with Crippen molar-refractivity contribution in [2.45, 2.75) is 32.6 Å². The maximum Gasteiger partial charge on any atom is 0.303 e. The number of aliphatic carboxylic acids is 1. The van der Waals surface area contributed by atoms with Gasteiger partial charge >= 0.3 is 5.97 Å². The smallest absolute Gasteiger partial charge is 0.303 e. The van der Waals surface area contributed by atoms with Crippen molar-refractivity contribution in [1.82, 2.24) is 0 Å². The Balaban J connectivity index is 2.42. The predicted octanol–water partition coefficient (Wildman–Crippen LogP) is 2.44. The number of carbonyl (C=O) groups excluding carboxylic acids is 1. The first kappa shape index (κ1) is 13.2. The van der Waals surface area contributed by atoms with Crippen LogP contribution >= 0.6 is 0 Å². The zero-order chi connectivity index (χ0) is 12.7. The summed E-state index contributed by atoms with van der Waals surface area (Å²) in [6.07, 6.45) is 1.56. The lowest BCUT2D eigenvalue weighted by Gasteiger charge is -2.06. The third kappa shape index (κ3) is 5.15. The molecule has 0 bridgehead atoms. The molecule has 4 heteroatoms. The molecule has 0 saturated heterocycles. The Labute approximate surface area is 101 Å². The molecule has 17 heavy (non-hydrogen) atoms. The molecule has 0 atom stereocenters. The summed E-state index contributed by atoms with van der Waals surface area (Å²) in [7, 11) is 0. The van der Waals surface area contributed by atoms with Gasteiger partial charge in [0, 0.05) is 18.5 Å². The topological polar surface area (TPSA) is 66.4 Å². The normalized spacial score (nSPS) is 9.94. The molecule has 0 aromatic heterocycles. The molecular formula is C13H17NO3. The number of benzene rings is 1. The Morgan fingerprint density at radius 3 is 2.71 bits per heavy atom. The highest BCUT2D eigenvalue weighted by atomic mass is 16.4. The van der Waals surface area contributed by atoms with Gasteiger partial charge < -0.3 is 10.4 Å². The summed E-state index contributed by atoms with van der Waals surface area (Å²) >= 11 is 0. The van der Waals surface area contributed by atoms with E-state index in [-0.39, 0.29) is 18.7 Å². The van der Waals surface area contributed by atoms with Crippen molar-refractivity contribution >= 4 is 17.6 Å². The van der Waals surface area contributed by atoms with Gasteiger partial charge in [0.1, 0.15) is 0 Å². The number of hydrogen-bond acceptors (Lipinski definition) is 2. The van der Waals surface area contributed by atoms with Crippen LogP contribution in [0.4, 0.5) is 5.69 Å². The maximum atomic E-state index is 11.5. The third-order valence-corrected chi connectivity index (χ3v) is 2.41. The zero-order valence-electron chi connectivity index (χ0n) is 9.90. The number of carboxylic acid groups (broad SMARTS) is 1. The Bertz CT molecular complexity index is 401. The van der Waals surface area contributed by atoms with E-state index >= 15 is 0 Å². The van der Waals surface area contributed by atoms with Gasteiger partial charge in [0.25, 0.3) is 0 Å². The number of rotatable bonds is 6. The Kier molecular flexibility index (Phi) is 5.20. The van der Waals surface area contributed by atoms with E-state index in [1.54, 1.807) is 0 Å². The number of nitrogens with one attached hydrogen (secondary N) is 1. The molecule has 92 valence electrons. The lowest BCUT2D eigenvalue weighted by Crippen LogP contribution is -2.11. The summed E-state index contributed by atoms with van der Waals surface area (Å²) in [5.41, 5.74) is 1.93. The van der Waals surface area contributed by atoms with Gasteiger partial charge in [0.2, 0.25) is 5.91 Å². The van der Waals surface area contributed by atoms with Crippen molar-refractivity contribution in [3.63, 3.8) is 0 Å². The predicted molar refractivity (Wildman–Crippen MR) is 65.9 cm³/mol. The van der Waals surface area contributed by atoms with Crippen LogP contribution in [0.25, 0.3) is 0 Å². The Hall–Kier alpha value is -1.84. The molecule has 0 aliphatic heterocycles. The van der Waals surface area contributed by atoms with Crippen LogP contribution in [0.2, 0.25) is 0 Å². The molecular weight excluding hydrogens is 218 g/mol. The minimum atomic E-state index is -0.870. The molecule has 2 N–H and O–H groups in total. The van der Waals surface area contributed by atoms with Crippen molar-refractivity contribution in [2.24, 2.45) is 0 Å². The second kappa shape index (κ2) is 6.68. The fourth-order valence-corrected chi connectivity index (χ4v) is 1.49. The van der Waals surface area contributed by atoms with Crippen molar-refractivity contribution in [1.29, 1.82) is 0 Å². The minimum absolute atomic E-state index is 0.0302. The van der Waals surface area contributed by atoms with Gasteiger partial charge in [-0.2, -0.15) is 0 Å². The van der Waals surface area contributed by atoms with Crippen LogP contribution in [-0.2, 0) is 16.0 Å². The summed E-state index contributed by atoms with van der Waals surface area (Å²) in [5.74, 6) is -1.01. The highest BCUT2D eigenvalue weighted by Gasteiger charge is 2.04. The summed E-state index contributed by atoms with van der Waals surface area (Å²) in [6.45, 7) is 2.05. The fraction of sp³-hybridized carbons (Fsp3) is 0.385. The number of carbonyl (C=O) groups is 2. The molecule has 0 heterocycles. The average Bonchev–Trinajstić information content (AvgIpc) is 2.28. The molecule has 0 fully saturated rings. The van der Waals surface area contributed by atoms with Gasteiger partial charge in [0.15, 0.2) is 0 Å². The van der Waals surface area contributed by atoms with Gasteiger partial charge in [-0.05, 0) is 30.5 Å². The van der Waals surface area contributed by atoms with Crippen molar-refractivity contribution in [2.75, 3.05) is 5.32 Å². The molecule has 0 aliphatic carbocycles. The van der Waals surface area contributed by atoms with Crippen LogP contribution in [0.3, 0.4) is 0 Å². The molecule has 1 rings (SSSR count). The van der Waals surface area contributed by atoms with E-state index in [1.807, 2.05) is 31.2 Å². The minimum Gasteiger partial charge on any atom is -0.481 e. The van der Waals surface area contributed by atoms with E-state index in [4.69, 9.17) is 5.11 Å². The van der Waals surface area contributed by atoms with E-state index in [0.717, 1.165) is 17.7 Å². The van der Waals surface area contributed by atoms with E-state index in [9.17, 15) is 9.59 Å². The van der Waals surface area contributed by atoms with Crippen LogP contribution < -0.4 is 5.32 Å². The first-order chi connectivity index (χ1) is 8.11. The summed E-state index contributed by atoms with van der Waals surface area (Å²) in [6, 6.07) is 7.65. The van der Waals surface area contributed by atoms with E-state index in [1.165, 1.54) is 0 Å². The number of carboxylic acids is 1. The van der Waals surface area contributed by atoms with Crippen molar-refractivity contribution in [3.8, 4) is 0 Å². The Morgan fingerprint density at radius 1 is 1.29 bits per heavy atom. The molecule has 0 saturated carbocycles. The van der Waals surface area contributed by atoms with Crippen LogP contribution in [-0.4, -0.2) is 17.0 Å². The molecule has 0 aliphatic rings. The molecule has 0 radical (unpaired) electrons. The molecule has 1 aromatic carbocycles. The first-order valence-corrected chi connectivity index (χ1v) is 5.72. The number of aryl methyl sites for hydroxylation is 1. The number of hydrogen-bond donors (Lipinski definition) is 2. The Morgan fingerprint density at radius 2 is 2.06 bits per heavy atom. The van der Waals surface area contributed by atoms with Gasteiger partial charge in [-0.3, -0.25) is 9.59 Å². The average molecular weight is 235 g/mol. The van der Waals surface area contributed by atoms with Crippen LogP contribution in [0.1, 0.15) is 31.7 Å². The van der Waals surface area contributed by atoms with E-state index in [0.29, 0.717) is 6.42 Å². The zero-order valence-corrected chi connectivity index (χ0v) is 9.90. The SMILES string of the molecule is CCc1cccc(NC(=O)CCCC(=O)O)c1. The quantitative estimate of drug-likeness (QED) is 0.795. The van der Waals surface area contributed by atoms with E-state index in [2.05, 4.69) is 5.32 Å². The fourth-order valence-electron chi connectivity index (χ4n) is 1.49. The van der Waals surface area contributed by atoms with Crippen LogP contribution in [0, 0.1) is 0 Å². The van der Waals surface area contributed by atoms with Gasteiger partial charge in [-0.25, -0.2) is 0 Å². The monoisotopic (exact) mass is 235 g/mol. The maximum absolute atomic E-state index is 11.5. The second-order valence-electron chi connectivity index (χ2n) is 3.85.